The molecule has 3 rings (SSSR count). The fourth-order valence-electron chi connectivity index (χ4n) is 2.63. The van der Waals surface area contributed by atoms with E-state index < -0.39 is 0 Å². The smallest absolute Gasteiger partial charge is 0.227 e. The fraction of sp³-hybridized carbons (Fsp3) is 0.333. The fourth-order valence-corrected chi connectivity index (χ4v) is 2.80. The van der Waals surface area contributed by atoms with Crippen LogP contribution in [0, 0.1) is 12.8 Å². The first-order chi connectivity index (χ1) is 11.6. The zero-order valence-corrected chi connectivity index (χ0v) is 14.3. The molecule has 1 aliphatic heterocycles. The third kappa shape index (κ3) is 4.04. The number of benzene rings is 1. The van der Waals surface area contributed by atoms with Crippen LogP contribution in [0.4, 0.5) is 17.2 Å². The molecule has 1 saturated heterocycles. The molecule has 0 spiro atoms. The molecule has 0 radical (unpaired) electrons. The molecule has 0 aliphatic carbocycles. The summed E-state index contributed by atoms with van der Waals surface area (Å²) in [6, 6.07) is 9.36. The second-order valence-electron chi connectivity index (χ2n) is 5.85. The van der Waals surface area contributed by atoms with Crippen LogP contribution in [-0.4, -0.2) is 24.1 Å². The van der Waals surface area contributed by atoms with Crippen LogP contribution in [0.25, 0.3) is 0 Å². The van der Waals surface area contributed by atoms with E-state index in [4.69, 9.17) is 16.3 Å². The van der Waals surface area contributed by atoms with Crippen molar-refractivity contribution in [3.63, 3.8) is 0 Å². The Morgan fingerprint density at radius 2 is 2.04 bits per heavy atom. The minimum Gasteiger partial charge on any atom is -0.381 e. The van der Waals surface area contributed by atoms with E-state index in [9.17, 15) is 4.79 Å². The average Bonchev–Trinajstić information content (AvgIpc) is 2.61. The van der Waals surface area contributed by atoms with Crippen LogP contribution >= 0.6 is 11.6 Å². The van der Waals surface area contributed by atoms with Gasteiger partial charge in [-0.2, -0.15) is 0 Å². The van der Waals surface area contributed by atoms with Gasteiger partial charge in [-0.15, -0.1) is 0 Å². The number of anilines is 3. The van der Waals surface area contributed by atoms with Crippen molar-refractivity contribution in [2.45, 2.75) is 19.8 Å². The molecule has 0 saturated carbocycles. The summed E-state index contributed by atoms with van der Waals surface area (Å²) in [7, 11) is 0. The molecule has 6 heteroatoms. The van der Waals surface area contributed by atoms with E-state index >= 15 is 0 Å². The lowest BCUT2D eigenvalue weighted by molar-refractivity contribution is -0.122. The Kier molecular flexibility index (Phi) is 5.33. The van der Waals surface area contributed by atoms with Crippen LogP contribution in [0.15, 0.2) is 36.5 Å². The summed E-state index contributed by atoms with van der Waals surface area (Å²) < 4.78 is 5.28. The maximum absolute atomic E-state index is 12.2. The molecule has 0 unspecified atom stereocenters. The van der Waals surface area contributed by atoms with E-state index in [0.717, 1.165) is 24.1 Å². The van der Waals surface area contributed by atoms with Crippen LogP contribution in [0.3, 0.4) is 0 Å². The second-order valence-corrected chi connectivity index (χ2v) is 6.25. The molecule has 126 valence electrons. The summed E-state index contributed by atoms with van der Waals surface area (Å²) in [6.45, 7) is 3.25. The molecule has 1 amide bonds. The van der Waals surface area contributed by atoms with Gasteiger partial charge in [-0.25, -0.2) is 4.98 Å². The highest BCUT2D eigenvalue weighted by Crippen LogP contribution is 2.26. The number of pyridine rings is 1. The van der Waals surface area contributed by atoms with Gasteiger partial charge in [0.25, 0.3) is 0 Å². The quantitative estimate of drug-likeness (QED) is 0.873. The van der Waals surface area contributed by atoms with Crippen molar-refractivity contribution in [1.29, 1.82) is 0 Å². The van der Waals surface area contributed by atoms with Gasteiger partial charge in [-0.1, -0.05) is 17.7 Å². The minimum absolute atomic E-state index is 0.0191. The number of hydrogen-bond donors (Lipinski definition) is 2. The summed E-state index contributed by atoms with van der Waals surface area (Å²) in [5, 5.41) is 6.86. The number of halogens is 1. The molecule has 1 aromatic heterocycles. The Balaban J connectivity index is 1.62. The zero-order chi connectivity index (χ0) is 16.9. The number of nitrogens with one attached hydrogen (secondary N) is 2. The maximum Gasteiger partial charge on any atom is 0.227 e. The van der Waals surface area contributed by atoms with Gasteiger partial charge in [-0.05, 0) is 49.6 Å². The maximum atomic E-state index is 12.2. The average molecular weight is 346 g/mol. The van der Waals surface area contributed by atoms with E-state index in [-0.39, 0.29) is 11.8 Å². The number of hydrogen-bond acceptors (Lipinski definition) is 4. The lowest BCUT2D eigenvalue weighted by atomic mass is 9.99. The van der Waals surface area contributed by atoms with Gasteiger partial charge in [0.05, 0.1) is 11.9 Å². The Hall–Kier alpha value is -2.11. The van der Waals surface area contributed by atoms with Crippen molar-refractivity contribution in [3.8, 4) is 0 Å². The first kappa shape index (κ1) is 16.7. The van der Waals surface area contributed by atoms with Gasteiger partial charge < -0.3 is 15.4 Å². The first-order valence-corrected chi connectivity index (χ1v) is 8.38. The van der Waals surface area contributed by atoms with Crippen LogP contribution in [0.1, 0.15) is 18.4 Å². The molecule has 1 aromatic carbocycles. The molecule has 5 nitrogen and oxygen atoms in total. The molecule has 2 heterocycles. The lowest BCUT2D eigenvalue weighted by Gasteiger charge is -2.21. The monoisotopic (exact) mass is 345 g/mol. The topological polar surface area (TPSA) is 63.2 Å². The summed E-state index contributed by atoms with van der Waals surface area (Å²) in [5.74, 6) is 0.751. The summed E-state index contributed by atoms with van der Waals surface area (Å²) in [5.41, 5.74) is 2.58. The number of rotatable bonds is 4. The molecule has 1 aliphatic rings. The van der Waals surface area contributed by atoms with Crippen molar-refractivity contribution in [1.82, 2.24) is 4.98 Å². The molecular formula is C18H20ClN3O2. The first-order valence-electron chi connectivity index (χ1n) is 8.00. The summed E-state index contributed by atoms with van der Waals surface area (Å²) in [6.07, 6.45) is 3.19. The number of aromatic nitrogens is 1. The van der Waals surface area contributed by atoms with E-state index in [0.29, 0.717) is 29.7 Å². The van der Waals surface area contributed by atoms with Crippen molar-refractivity contribution < 1.29 is 9.53 Å². The van der Waals surface area contributed by atoms with Crippen molar-refractivity contribution in [2.75, 3.05) is 23.8 Å². The molecule has 0 bridgehead atoms. The lowest BCUT2D eigenvalue weighted by Crippen LogP contribution is -2.28. The van der Waals surface area contributed by atoms with Gasteiger partial charge in [0.1, 0.15) is 5.82 Å². The SMILES string of the molecule is Cc1c(Cl)cccc1Nc1ccc(NC(=O)C2CCOCC2)cn1. The van der Waals surface area contributed by atoms with Gasteiger partial charge >= 0.3 is 0 Å². The molecule has 1 fully saturated rings. The number of ether oxygens (including phenoxy) is 1. The van der Waals surface area contributed by atoms with Crippen LogP contribution < -0.4 is 10.6 Å². The Morgan fingerprint density at radius 1 is 1.25 bits per heavy atom. The number of amides is 1. The standard InChI is InChI=1S/C18H20ClN3O2/c1-12-15(19)3-2-4-16(12)22-17-6-5-14(11-20-17)21-18(23)13-7-9-24-10-8-13/h2-6,11,13H,7-10H2,1H3,(H,20,22)(H,21,23). The Bertz CT molecular complexity index is 713. The molecular weight excluding hydrogens is 326 g/mol. The molecule has 2 aromatic rings. The second kappa shape index (κ2) is 7.64. The summed E-state index contributed by atoms with van der Waals surface area (Å²) in [4.78, 5) is 16.6. The molecule has 2 N–H and O–H groups in total. The molecule has 0 atom stereocenters. The van der Waals surface area contributed by atoms with Crippen LogP contribution in [0.2, 0.25) is 5.02 Å². The highest BCUT2D eigenvalue weighted by Gasteiger charge is 2.21. The van der Waals surface area contributed by atoms with Gasteiger partial charge in [-0.3, -0.25) is 4.79 Å². The van der Waals surface area contributed by atoms with E-state index in [1.54, 1.807) is 6.20 Å². The zero-order valence-electron chi connectivity index (χ0n) is 13.5. The highest BCUT2D eigenvalue weighted by atomic mass is 35.5. The summed E-state index contributed by atoms with van der Waals surface area (Å²) >= 11 is 6.12. The van der Waals surface area contributed by atoms with Crippen LogP contribution in [-0.2, 0) is 9.53 Å². The molecule has 24 heavy (non-hydrogen) atoms. The largest absolute Gasteiger partial charge is 0.381 e. The van der Waals surface area contributed by atoms with Gasteiger partial charge in [0.2, 0.25) is 5.91 Å². The third-order valence-corrected chi connectivity index (χ3v) is 4.56. The minimum atomic E-state index is 0.0191. The van der Waals surface area contributed by atoms with Crippen LogP contribution in [0.5, 0.6) is 0 Å². The number of carbonyl (C=O) groups is 1. The highest BCUT2D eigenvalue weighted by molar-refractivity contribution is 6.31. The predicted octanol–water partition coefficient (Wildman–Crippen LogP) is 4.15. The van der Waals surface area contributed by atoms with Crippen molar-refractivity contribution in [3.05, 3.63) is 47.1 Å². The van der Waals surface area contributed by atoms with Crippen molar-refractivity contribution >= 4 is 34.7 Å². The Morgan fingerprint density at radius 3 is 2.75 bits per heavy atom. The van der Waals surface area contributed by atoms with E-state index in [1.165, 1.54) is 0 Å². The Labute approximate surface area is 146 Å². The third-order valence-electron chi connectivity index (χ3n) is 4.15. The normalized spacial score (nSPS) is 15.1. The number of nitrogens with zero attached hydrogens (tertiary/aromatic N) is 1. The van der Waals surface area contributed by atoms with Gasteiger partial charge in [0, 0.05) is 29.8 Å². The van der Waals surface area contributed by atoms with Crippen molar-refractivity contribution in [2.24, 2.45) is 5.92 Å². The predicted molar refractivity (Wildman–Crippen MR) is 95.9 cm³/mol. The van der Waals surface area contributed by atoms with E-state index in [1.807, 2.05) is 37.3 Å². The van der Waals surface area contributed by atoms with Gasteiger partial charge in [0.15, 0.2) is 0 Å². The number of carbonyl (C=O) groups excluding carboxylic acids is 1. The van der Waals surface area contributed by atoms with E-state index in [2.05, 4.69) is 15.6 Å².